The van der Waals surface area contributed by atoms with Crippen molar-refractivity contribution in [2.24, 2.45) is 0 Å². The molecule has 23 heavy (non-hydrogen) atoms. The van der Waals surface area contributed by atoms with E-state index in [1.165, 1.54) is 18.9 Å². The molecule has 0 bridgehead atoms. The minimum Gasteiger partial charge on any atom is -0.497 e. The molecule has 0 aliphatic carbocycles. The van der Waals surface area contributed by atoms with Gasteiger partial charge >= 0.3 is 5.97 Å². The highest BCUT2D eigenvalue weighted by molar-refractivity contribution is 7.98. The highest BCUT2D eigenvalue weighted by Gasteiger charge is 2.22. The summed E-state index contributed by atoms with van der Waals surface area (Å²) in [4.78, 5) is 13.0. The van der Waals surface area contributed by atoms with E-state index in [0.717, 1.165) is 27.3 Å². The second kappa shape index (κ2) is 7.42. The number of methoxy groups -OCH3 is 3. The quantitative estimate of drug-likeness (QED) is 0.607. The molecule has 2 aromatic carbocycles. The molecule has 0 unspecified atom stereocenters. The van der Waals surface area contributed by atoms with E-state index in [2.05, 4.69) is 0 Å². The van der Waals surface area contributed by atoms with E-state index < -0.39 is 0 Å². The largest absolute Gasteiger partial charge is 0.497 e. The Hall–Kier alpha value is -2.14. The van der Waals surface area contributed by atoms with Gasteiger partial charge in [-0.3, -0.25) is 0 Å². The zero-order chi connectivity index (χ0) is 17.0. The number of carbonyl (C=O) groups excluding carboxylic acids is 1. The number of carbonyl (C=O) groups is 1. The third-order valence-corrected chi connectivity index (χ3v) is 4.46. The van der Waals surface area contributed by atoms with Crippen LogP contribution in [0.25, 0.3) is 11.1 Å². The maximum absolute atomic E-state index is 12.1. The summed E-state index contributed by atoms with van der Waals surface area (Å²) in [5.74, 6) is 1.11. The van der Waals surface area contributed by atoms with Gasteiger partial charge in [0.15, 0.2) is 0 Å². The maximum atomic E-state index is 12.1. The second-order valence-corrected chi connectivity index (χ2v) is 5.73. The lowest BCUT2D eigenvalue weighted by Gasteiger charge is -2.17. The molecule has 0 atom stereocenters. The van der Waals surface area contributed by atoms with Crippen molar-refractivity contribution in [1.82, 2.24) is 0 Å². The van der Waals surface area contributed by atoms with Crippen LogP contribution in [0.4, 0.5) is 0 Å². The Morgan fingerprint density at radius 3 is 2.17 bits per heavy atom. The van der Waals surface area contributed by atoms with Crippen molar-refractivity contribution >= 4 is 17.7 Å². The molecule has 0 aliphatic heterocycles. The van der Waals surface area contributed by atoms with Gasteiger partial charge in [0, 0.05) is 16.0 Å². The molecule has 2 aromatic rings. The number of benzene rings is 2. The molecular formula is C18H20O4S. The molecule has 0 radical (unpaired) electrons. The molecule has 0 fully saturated rings. The normalized spacial score (nSPS) is 10.3. The molecule has 0 spiro atoms. The molecule has 0 aliphatic rings. The van der Waals surface area contributed by atoms with Gasteiger partial charge in [0.2, 0.25) is 0 Å². The number of hydrogen-bond donors (Lipinski definition) is 0. The minimum absolute atomic E-state index is 0.355. The fourth-order valence-electron chi connectivity index (χ4n) is 2.53. The summed E-state index contributed by atoms with van der Waals surface area (Å²) in [7, 11) is 4.63. The molecular weight excluding hydrogens is 312 g/mol. The van der Waals surface area contributed by atoms with E-state index in [-0.39, 0.29) is 5.97 Å². The van der Waals surface area contributed by atoms with E-state index in [1.807, 2.05) is 43.5 Å². The van der Waals surface area contributed by atoms with Crippen LogP contribution in [0, 0.1) is 6.92 Å². The topological polar surface area (TPSA) is 44.8 Å². The van der Waals surface area contributed by atoms with Crippen molar-refractivity contribution < 1.29 is 19.0 Å². The van der Waals surface area contributed by atoms with Crippen LogP contribution in [0.1, 0.15) is 15.9 Å². The standard InChI is InChI=1S/C18H20O4S/c1-11-16(18(19)22-4)15(23-5)10-14(17(11)21-3)12-6-8-13(20-2)9-7-12/h6-10H,1-5H3. The summed E-state index contributed by atoms with van der Waals surface area (Å²) in [5.41, 5.74) is 3.26. The van der Waals surface area contributed by atoms with Crippen molar-refractivity contribution in [1.29, 1.82) is 0 Å². The predicted octanol–water partition coefficient (Wildman–Crippen LogP) is 4.19. The van der Waals surface area contributed by atoms with Gasteiger partial charge in [0.25, 0.3) is 0 Å². The van der Waals surface area contributed by atoms with Crippen molar-refractivity contribution in [3.05, 3.63) is 41.5 Å². The van der Waals surface area contributed by atoms with Crippen molar-refractivity contribution in [3.8, 4) is 22.6 Å². The van der Waals surface area contributed by atoms with Crippen LogP contribution >= 0.6 is 11.8 Å². The van der Waals surface area contributed by atoms with Crippen LogP contribution in [0.5, 0.6) is 11.5 Å². The summed E-state index contributed by atoms with van der Waals surface area (Å²) in [6, 6.07) is 9.70. The lowest BCUT2D eigenvalue weighted by Crippen LogP contribution is -2.08. The van der Waals surface area contributed by atoms with Gasteiger partial charge in [-0.1, -0.05) is 12.1 Å². The average Bonchev–Trinajstić information content (AvgIpc) is 2.60. The van der Waals surface area contributed by atoms with Crippen LogP contribution in [0.15, 0.2) is 35.2 Å². The Morgan fingerprint density at radius 2 is 1.70 bits per heavy atom. The smallest absolute Gasteiger partial charge is 0.339 e. The van der Waals surface area contributed by atoms with Gasteiger partial charge in [-0.05, 0) is 36.9 Å². The first-order chi connectivity index (χ1) is 11.1. The Bertz CT molecular complexity index is 708. The predicted molar refractivity (Wildman–Crippen MR) is 92.8 cm³/mol. The van der Waals surface area contributed by atoms with E-state index >= 15 is 0 Å². The first-order valence-corrected chi connectivity index (χ1v) is 8.28. The Morgan fingerprint density at radius 1 is 1.04 bits per heavy atom. The number of ether oxygens (including phenoxy) is 3. The third kappa shape index (κ3) is 3.29. The highest BCUT2D eigenvalue weighted by Crippen LogP contribution is 2.40. The fourth-order valence-corrected chi connectivity index (χ4v) is 3.21. The average molecular weight is 332 g/mol. The SMILES string of the molecule is COC(=O)c1c(SC)cc(-c2ccc(OC)cc2)c(OC)c1C. The zero-order valence-corrected chi connectivity index (χ0v) is 14.7. The fraction of sp³-hybridized carbons (Fsp3) is 0.278. The van der Waals surface area contributed by atoms with E-state index in [1.54, 1.807) is 14.2 Å². The molecule has 122 valence electrons. The van der Waals surface area contributed by atoms with Gasteiger partial charge in [-0.15, -0.1) is 11.8 Å². The Kier molecular flexibility index (Phi) is 5.55. The molecule has 0 heterocycles. The van der Waals surface area contributed by atoms with Crippen LogP contribution < -0.4 is 9.47 Å². The molecule has 0 amide bonds. The summed E-state index contributed by atoms with van der Waals surface area (Å²) < 4.78 is 15.7. The van der Waals surface area contributed by atoms with Crippen molar-refractivity contribution in [2.75, 3.05) is 27.6 Å². The Labute approximate surface area is 140 Å². The molecule has 4 nitrogen and oxygen atoms in total. The maximum Gasteiger partial charge on any atom is 0.339 e. The number of hydrogen-bond acceptors (Lipinski definition) is 5. The van der Waals surface area contributed by atoms with Crippen LogP contribution in [-0.4, -0.2) is 33.6 Å². The second-order valence-electron chi connectivity index (χ2n) is 4.88. The molecule has 2 rings (SSSR count). The van der Waals surface area contributed by atoms with E-state index in [4.69, 9.17) is 14.2 Å². The van der Waals surface area contributed by atoms with Gasteiger partial charge in [0.05, 0.1) is 26.9 Å². The van der Waals surface area contributed by atoms with Gasteiger partial charge in [-0.2, -0.15) is 0 Å². The van der Waals surface area contributed by atoms with E-state index in [0.29, 0.717) is 11.3 Å². The summed E-state index contributed by atoms with van der Waals surface area (Å²) >= 11 is 1.51. The lowest BCUT2D eigenvalue weighted by molar-refractivity contribution is 0.0595. The summed E-state index contributed by atoms with van der Waals surface area (Å²) in [6.45, 7) is 1.87. The molecule has 0 aromatic heterocycles. The third-order valence-electron chi connectivity index (χ3n) is 3.70. The van der Waals surface area contributed by atoms with E-state index in [9.17, 15) is 4.79 Å². The van der Waals surface area contributed by atoms with Gasteiger partial charge in [0.1, 0.15) is 11.5 Å². The number of thioether (sulfide) groups is 1. The molecule has 0 saturated carbocycles. The van der Waals surface area contributed by atoms with Crippen molar-refractivity contribution in [2.45, 2.75) is 11.8 Å². The van der Waals surface area contributed by atoms with Crippen LogP contribution in [0.3, 0.4) is 0 Å². The highest BCUT2D eigenvalue weighted by atomic mass is 32.2. The van der Waals surface area contributed by atoms with Gasteiger partial charge < -0.3 is 14.2 Å². The summed E-state index contributed by atoms with van der Waals surface area (Å²) in [5, 5.41) is 0. The van der Waals surface area contributed by atoms with Crippen LogP contribution in [0.2, 0.25) is 0 Å². The molecule has 0 saturated heterocycles. The molecule has 5 heteroatoms. The first-order valence-electron chi connectivity index (χ1n) is 7.05. The van der Waals surface area contributed by atoms with Crippen molar-refractivity contribution in [3.63, 3.8) is 0 Å². The number of esters is 1. The monoisotopic (exact) mass is 332 g/mol. The number of rotatable bonds is 5. The molecule has 0 N–H and O–H groups in total. The van der Waals surface area contributed by atoms with Gasteiger partial charge in [-0.25, -0.2) is 4.79 Å². The van der Waals surface area contributed by atoms with Crippen LogP contribution in [-0.2, 0) is 4.74 Å². The minimum atomic E-state index is -0.355. The lowest BCUT2D eigenvalue weighted by atomic mass is 9.97. The first kappa shape index (κ1) is 17.2. The Balaban J connectivity index is 2.68. The zero-order valence-electron chi connectivity index (χ0n) is 13.9. The summed E-state index contributed by atoms with van der Waals surface area (Å²) in [6.07, 6.45) is 1.94.